The molecule has 0 aromatic heterocycles. The van der Waals surface area contributed by atoms with E-state index in [9.17, 15) is 0 Å². The number of para-hydroxylation sites is 2. The number of hydrogen-bond acceptors (Lipinski definition) is 3. The third-order valence-electron chi connectivity index (χ3n) is 2.17. The highest BCUT2D eigenvalue weighted by atomic mass is 35.5. The van der Waals surface area contributed by atoms with Crippen LogP contribution in [0.2, 0.25) is 5.02 Å². The Hall–Kier alpha value is -1.71. The van der Waals surface area contributed by atoms with E-state index in [1.54, 1.807) is 18.2 Å². The summed E-state index contributed by atoms with van der Waals surface area (Å²) >= 11 is 5.79. The van der Waals surface area contributed by atoms with Gasteiger partial charge in [0, 0.05) is 10.7 Å². The smallest absolute Gasteiger partial charge is 0.0836 e. The second kappa shape index (κ2) is 4.88. The molecule has 2 aromatic carbocycles. The van der Waals surface area contributed by atoms with Gasteiger partial charge in [0.05, 0.1) is 11.4 Å². The second-order valence-corrected chi connectivity index (χ2v) is 3.73. The highest BCUT2D eigenvalue weighted by Crippen LogP contribution is 2.25. The van der Waals surface area contributed by atoms with Crippen molar-refractivity contribution in [3.63, 3.8) is 0 Å². The molecule has 0 saturated carbocycles. The van der Waals surface area contributed by atoms with Crippen LogP contribution in [0.25, 0.3) is 0 Å². The topological polar surface area (TPSA) is 44.3 Å². The molecule has 0 aliphatic rings. The number of benzene rings is 2. The van der Waals surface area contributed by atoms with Gasteiger partial charge in [0.25, 0.3) is 0 Å². The van der Waals surface area contributed by atoms with Gasteiger partial charge in [-0.05, 0) is 36.4 Å². The summed E-state index contributed by atoms with van der Waals surface area (Å²) in [6, 6.07) is 14.7. The van der Waals surface area contributed by atoms with Crippen LogP contribution in [0.3, 0.4) is 0 Å². The van der Waals surface area contributed by atoms with E-state index < -0.39 is 0 Å². The van der Waals surface area contributed by atoms with Crippen LogP contribution < -0.4 is 10.8 Å². The van der Waals surface area contributed by atoms with Crippen molar-refractivity contribution in [3.05, 3.63) is 53.6 Å². The highest BCUT2D eigenvalue weighted by molar-refractivity contribution is 6.30. The molecule has 2 aromatic rings. The summed E-state index contributed by atoms with van der Waals surface area (Å²) in [5.74, 6) is 0. The molecule has 0 atom stereocenters. The Bertz CT molecular complexity index is 471. The van der Waals surface area contributed by atoms with Gasteiger partial charge in [-0.1, -0.05) is 23.7 Å². The van der Waals surface area contributed by atoms with Gasteiger partial charge < -0.3 is 5.32 Å². The van der Waals surface area contributed by atoms with Crippen LogP contribution in [0.15, 0.2) is 48.5 Å². The quantitative estimate of drug-likeness (QED) is 0.706. The zero-order chi connectivity index (χ0) is 11.4. The van der Waals surface area contributed by atoms with E-state index in [4.69, 9.17) is 16.8 Å². The summed E-state index contributed by atoms with van der Waals surface area (Å²) in [4.78, 5) is 0. The van der Waals surface area contributed by atoms with Crippen molar-refractivity contribution in [3.8, 4) is 0 Å². The molecule has 0 unspecified atom stereocenters. The molecule has 0 bridgehead atoms. The van der Waals surface area contributed by atoms with E-state index in [1.165, 1.54) is 0 Å². The molecule has 0 aliphatic carbocycles. The molecular weight excluding hydrogens is 224 g/mol. The number of anilines is 3. The lowest BCUT2D eigenvalue weighted by molar-refractivity contribution is 0.389. The SMILES string of the molecule is ONc1ccccc1Nc1ccc(Cl)cc1. The van der Waals surface area contributed by atoms with Gasteiger partial charge >= 0.3 is 0 Å². The molecule has 0 aliphatic heterocycles. The maximum atomic E-state index is 8.93. The molecule has 2 rings (SSSR count). The maximum Gasteiger partial charge on any atom is 0.0836 e. The second-order valence-electron chi connectivity index (χ2n) is 3.29. The van der Waals surface area contributed by atoms with Crippen LogP contribution >= 0.6 is 11.6 Å². The van der Waals surface area contributed by atoms with Crippen molar-refractivity contribution in [2.75, 3.05) is 10.8 Å². The minimum Gasteiger partial charge on any atom is -0.354 e. The third kappa shape index (κ3) is 2.45. The molecule has 0 saturated heterocycles. The van der Waals surface area contributed by atoms with Crippen LogP contribution in [0.1, 0.15) is 0 Å². The zero-order valence-electron chi connectivity index (χ0n) is 8.44. The minimum atomic E-state index is 0.623. The van der Waals surface area contributed by atoms with Gasteiger partial charge in [-0.15, -0.1) is 0 Å². The lowest BCUT2D eigenvalue weighted by Gasteiger charge is -2.10. The van der Waals surface area contributed by atoms with Gasteiger partial charge in [-0.25, -0.2) is 0 Å². The lowest BCUT2D eigenvalue weighted by atomic mass is 10.2. The lowest BCUT2D eigenvalue weighted by Crippen LogP contribution is -1.96. The summed E-state index contributed by atoms with van der Waals surface area (Å²) in [6.45, 7) is 0. The van der Waals surface area contributed by atoms with Crippen molar-refractivity contribution in [2.45, 2.75) is 0 Å². The molecule has 4 heteroatoms. The normalized spacial score (nSPS) is 9.88. The van der Waals surface area contributed by atoms with E-state index >= 15 is 0 Å². The summed E-state index contributed by atoms with van der Waals surface area (Å²) in [7, 11) is 0. The number of halogens is 1. The van der Waals surface area contributed by atoms with Crippen molar-refractivity contribution >= 4 is 28.7 Å². The molecular formula is C12H11ClN2O. The largest absolute Gasteiger partial charge is 0.354 e. The predicted octanol–water partition coefficient (Wildman–Crippen LogP) is 3.88. The summed E-state index contributed by atoms with van der Waals surface area (Å²) in [6.07, 6.45) is 0. The van der Waals surface area contributed by atoms with Gasteiger partial charge in [0.15, 0.2) is 0 Å². The van der Waals surface area contributed by atoms with E-state index in [1.807, 2.05) is 30.3 Å². The van der Waals surface area contributed by atoms with Crippen molar-refractivity contribution < 1.29 is 5.21 Å². The summed E-state index contributed by atoms with van der Waals surface area (Å²) < 4.78 is 0. The predicted molar refractivity (Wildman–Crippen MR) is 66.6 cm³/mol. The summed E-state index contributed by atoms with van der Waals surface area (Å²) in [5.41, 5.74) is 4.47. The van der Waals surface area contributed by atoms with Crippen LogP contribution in [0.4, 0.5) is 17.1 Å². The number of hydrogen-bond donors (Lipinski definition) is 3. The Morgan fingerprint density at radius 2 is 1.50 bits per heavy atom. The first-order valence-electron chi connectivity index (χ1n) is 4.81. The van der Waals surface area contributed by atoms with Crippen molar-refractivity contribution in [1.29, 1.82) is 0 Å². The Balaban J connectivity index is 2.23. The number of rotatable bonds is 3. The molecule has 82 valence electrons. The minimum absolute atomic E-state index is 0.623. The van der Waals surface area contributed by atoms with Gasteiger partial charge in [-0.3, -0.25) is 10.7 Å². The fourth-order valence-electron chi connectivity index (χ4n) is 1.38. The third-order valence-corrected chi connectivity index (χ3v) is 2.42. The maximum absolute atomic E-state index is 8.93. The first kappa shape index (κ1) is 10.8. The molecule has 16 heavy (non-hydrogen) atoms. The fourth-order valence-corrected chi connectivity index (χ4v) is 1.50. The molecule has 0 fully saturated rings. The number of nitrogens with one attached hydrogen (secondary N) is 2. The molecule has 3 N–H and O–H groups in total. The van der Waals surface area contributed by atoms with Crippen LogP contribution in [-0.2, 0) is 0 Å². The van der Waals surface area contributed by atoms with Gasteiger partial charge in [0.1, 0.15) is 0 Å². The average molecular weight is 235 g/mol. The standard InChI is InChI=1S/C12H11ClN2O/c13-9-5-7-10(8-6-9)14-11-3-1-2-4-12(11)15-16/h1-8,14-16H. The van der Waals surface area contributed by atoms with Crippen molar-refractivity contribution in [2.24, 2.45) is 0 Å². The Morgan fingerprint density at radius 3 is 2.12 bits per heavy atom. The first-order chi connectivity index (χ1) is 7.79. The summed E-state index contributed by atoms with van der Waals surface area (Å²) in [5, 5.41) is 12.8. The van der Waals surface area contributed by atoms with Crippen LogP contribution in [0.5, 0.6) is 0 Å². The molecule has 3 nitrogen and oxygen atoms in total. The molecule has 0 amide bonds. The highest BCUT2D eigenvalue weighted by Gasteiger charge is 2.00. The van der Waals surface area contributed by atoms with E-state index in [0.29, 0.717) is 10.7 Å². The van der Waals surface area contributed by atoms with Crippen LogP contribution in [0, 0.1) is 0 Å². The zero-order valence-corrected chi connectivity index (χ0v) is 9.20. The van der Waals surface area contributed by atoms with Gasteiger partial charge in [-0.2, -0.15) is 0 Å². The Labute approximate surface area is 98.6 Å². The monoisotopic (exact) mass is 234 g/mol. The fraction of sp³-hybridized carbons (Fsp3) is 0. The first-order valence-corrected chi connectivity index (χ1v) is 5.19. The van der Waals surface area contributed by atoms with E-state index in [2.05, 4.69) is 10.8 Å². The van der Waals surface area contributed by atoms with Crippen LogP contribution in [-0.4, -0.2) is 5.21 Å². The Morgan fingerprint density at radius 1 is 0.875 bits per heavy atom. The average Bonchev–Trinajstić information content (AvgIpc) is 2.33. The van der Waals surface area contributed by atoms with Crippen molar-refractivity contribution in [1.82, 2.24) is 0 Å². The molecule has 0 heterocycles. The molecule has 0 radical (unpaired) electrons. The van der Waals surface area contributed by atoms with E-state index in [0.717, 1.165) is 11.4 Å². The van der Waals surface area contributed by atoms with E-state index in [-0.39, 0.29) is 0 Å². The Kier molecular flexibility index (Phi) is 3.29. The molecule has 0 spiro atoms. The van der Waals surface area contributed by atoms with Gasteiger partial charge in [0.2, 0.25) is 0 Å².